The Kier molecular flexibility index (Phi) is 4.46. The van der Waals surface area contributed by atoms with Crippen molar-refractivity contribution in [1.82, 2.24) is 15.4 Å². The maximum absolute atomic E-state index is 5.71. The lowest BCUT2D eigenvalue weighted by molar-refractivity contribution is 0.0765. The van der Waals surface area contributed by atoms with Crippen molar-refractivity contribution < 1.29 is 9.47 Å². The maximum atomic E-state index is 5.71. The lowest BCUT2D eigenvalue weighted by atomic mass is 9.89. The molecule has 2 rings (SSSR count). The molecule has 0 radical (unpaired) electrons. The van der Waals surface area contributed by atoms with E-state index in [1.165, 1.54) is 0 Å². The second kappa shape index (κ2) is 6.08. The molecule has 3 atom stereocenters. The van der Waals surface area contributed by atoms with Gasteiger partial charge in [0, 0.05) is 24.9 Å². The molecule has 18 heavy (non-hydrogen) atoms. The Morgan fingerprint density at radius 1 is 1.56 bits per heavy atom. The molecule has 0 aliphatic carbocycles. The van der Waals surface area contributed by atoms with Gasteiger partial charge in [-0.25, -0.2) is 4.98 Å². The molecule has 1 aromatic rings. The van der Waals surface area contributed by atoms with Crippen LogP contribution in [0.15, 0.2) is 12.4 Å². The van der Waals surface area contributed by atoms with Crippen LogP contribution in [0.2, 0.25) is 0 Å². The van der Waals surface area contributed by atoms with E-state index >= 15 is 0 Å². The summed E-state index contributed by atoms with van der Waals surface area (Å²) in [5.74, 6) is 6.51. The fourth-order valence-electron chi connectivity index (χ4n) is 2.58. The number of ether oxygens (including phenoxy) is 2. The lowest BCUT2D eigenvalue weighted by Crippen LogP contribution is -2.37. The molecule has 0 spiro atoms. The zero-order valence-corrected chi connectivity index (χ0v) is 10.8. The number of rotatable bonds is 5. The van der Waals surface area contributed by atoms with E-state index in [2.05, 4.69) is 22.3 Å². The van der Waals surface area contributed by atoms with Crippen LogP contribution in [0.4, 0.5) is 0 Å². The Balaban J connectivity index is 2.27. The van der Waals surface area contributed by atoms with Crippen LogP contribution >= 0.6 is 0 Å². The summed E-state index contributed by atoms with van der Waals surface area (Å²) < 4.78 is 11.0. The third-order valence-electron chi connectivity index (χ3n) is 3.45. The Morgan fingerprint density at radius 2 is 2.33 bits per heavy atom. The summed E-state index contributed by atoms with van der Waals surface area (Å²) in [6, 6.07) is -0.0962. The van der Waals surface area contributed by atoms with Gasteiger partial charge in [-0.3, -0.25) is 16.3 Å². The summed E-state index contributed by atoms with van der Waals surface area (Å²) in [6.45, 7) is 2.88. The van der Waals surface area contributed by atoms with Gasteiger partial charge in [0.2, 0.25) is 5.88 Å². The van der Waals surface area contributed by atoms with Crippen LogP contribution in [0.1, 0.15) is 31.5 Å². The van der Waals surface area contributed by atoms with Gasteiger partial charge in [0.1, 0.15) is 5.69 Å². The molecule has 1 aromatic heterocycles. The van der Waals surface area contributed by atoms with Crippen LogP contribution in [0.25, 0.3) is 0 Å². The molecular weight excluding hydrogens is 232 g/mol. The molecule has 0 amide bonds. The predicted molar refractivity (Wildman–Crippen MR) is 66.8 cm³/mol. The Labute approximate surface area is 107 Å². The molecule has 6 heteroatoms. The fraction of sp³-hybridized carbons (Fsp3) is 0.667. The van der Waals surface area contributed by atoms with E-state index in [0.717, 1.165) is 25.1 Å². The predicted octanol–water partition coefficient (Wildman–Crippen LogP) is 0.805. The average molecular weight is 252 g/mol. The number of methoxy groups -OCH3 is 1. The van der Waals surface area contributed by atoms with Crippen molar-refractivity contribution in [3.63, 3.8) is 0 Å². The molecule has 1 aliphatic rings. The van der Waals surface area contributed by atoms with Gasteiger partial charge in [0.25, 0.3) is 0 Å². The Hall–Kier alpha value is -1.24. The molecule has 1 fully saturated rings. The van der Waals surface area contributed by atoms with Gasteiger partial charge in [0.15, 0.2) is 0 Å². The zero-order chi connectivity index (χ0) is 13.0. The number of nitrogens with zero attached hydrogens (tertiary/aromatic N) is 2. The first-order valence-electron chi connectivity index (χ1n) is 6.24. The standard InChI is InChI=1S/C12H20N4O2/c1-3-9-8(4-7-18-9)10(16-13)11-12(17-2)15-6-5-14-11/h5-6,8-10,16H,3-4,7,13H2,1-2H3. The highest BCUT2D eigenvalue weighted by atomic mass is 16.5. The number of hydrogen-bond acceptors (Lipinski definition) is 6. The smallest absolute Gasteiger partial charge is 0.237 e. The van der Waals surface area contributed by atoms with Crippen LogP contribution < -0.4 is 16.0 Å². The highest BCUT2D eigenvalue weighted by molar-refractivity contribution is 5.22. The van der Waals surface area contributed by atoms with Crippen molar-refractivity contribution >= 4 is 0 Å². The molecule has 3 unspecified atom stereocenters. The minimum Gasteiger partial charge on any atom is -0.480 e. The maximum Gasteiger partial charge on any atom is 0.237 e. The Bertz CT molecular complexity index is 388. The molecule has 0 aromatic carbocycles. The van der Waals surface area contributed by atoms with Gasteiger partial charge in [-0.2, -0.15) is 0 Å². The summed E-state index contributed by atoms with van der Waals surface area (Å²) in [5, 5.41) is 0. The van der Waals surface area contributed by atoms with Gasteiger partial charge < -0.3 is 9.47 Å². The highest BCUT2D eigenvalue weighted by Crippen LogP contribution is 2.35. The quantitative estimate of drug-likeness (QED) is 0.596. The van der Waals surface area contributed by atoms with E-state index in [4.69, 9.17) is 15.3 Å². The summed E-state index contributed by atoms with van der Waals surface area (Å²) in [5.41, 5.74) is 3.58. The number of nitrogens with one attached hydrogen (secondary N) is 1. The van der Waals surface area contributed by atoms with Crippen molar-refractivity contribution in [3.8, 4) is 5.88 Å². The highest BCUT2D eigenvalue weighted by Gasteiger charge is 2.36. The van der Waals surface area contributed by atoms with Crippen molar-refractivity contribution in [3.05, 3.63) is 18.1 Å². The molecule has 0 bridgehead atoms. The van der Waals surface area contributed by atoms with Gasteiger partial charge in [0.05, 0.1) is 19.3 Å². The number of hydrazine groups is 1. The molecule has 6 nitrogen and oxygen atoms in total. The minimum atomic E-state index is -0.0962. The monoisotopic (exact) mass is 252 g/mol. The minimum absolute atomic E-state index is 0.0962. The van der Waals surface area contributed by atoms with E-state index < -0.39 is 0 Å². The Morgan fingerprint density at radius 3 is 3.00 bits per heavy atom. The average Bonchev–Trinajstić information content (AvgIpc) is 2.88. The molecule has 1 aliphatic heterocycles. The summed E-state index contributed by atoms with van der Waals surface area (Å²) in [4.78, 5) is 8.52. The van der Waals surface area contributed by atoms with Crippen LogP contribution in [-0.2, 0) is 4.74 Å². The van der Waals surface area contributed by atoms with Gasteiger partial charge >= 0.3 is 0 Å². The van der Waals surface area contributed by atoms with E-state index in [1.54, 1.807) is 19.5 Å². The molecule has 0 saturated carbocycles. The van der Waals surface area contributed by atoms with Crippen molar-refractivity contribution in [1.29, 1.82) is 0 Å². The van der Waals surface area contributed by atoms with E-state index in [-0.39, 0.29) is 12.1 Å². The second-order valence-electron chi connectivity index (χ2n) is 4.37. The van der Waals surface area contributed by atoms with Crippen molar-refractivity contribution in [2.24, 2.45) is 11.8 Å². The normalized spacial score (nSPS) is 25.1. The van der Waals surface area contributed by atoms with Crippen LogP contribution in [-0.4, -0.2) is 29.8 Å². The zero-order valence-electron chi connectivity index (χ0n) is 10.8. The van der Waals surface area contributed by atoms with Gasteiger partial charge in [-0.05, 0) is 12.8 Å². The third kappa shape index (κ3) is 2.45. The van der Waals surface area contributed by atoms with Crippen LogP contribution in [0.5, 0.6) is 5.88 Å². The summed E-state index contributed by atoms with van der Waals surface area (Å²) >= 11 is 0. The largest absolute Gasteiger partial charge is 0.480 e. The molecule has 1 saturated heterocycles. The van der Waals surface area contributed by atoms with Gasteiger partial charge in [-0.1, -0.05) is 6.92 Å². The van der Waals surface area contributed by atoms with Crippen LogP contribution in [0, 0.1) is 5.92 Å². The van der Waals surface area contributed by atoms with Crippen molar-refractivity contribution in [2.75, 3.05) is 13.7 Å². The molecule has 2 heterocycles. The van der Waals surface area contributed by atoms with E-state index in [1.807, 2.05) is 0 Å². The first-order valence-corrected chi connectivity index (χ1v) is 6.24. The van der Waals surface area contributed by atoms with Crippen LogP contribution in [0.3, 0.4) is 0 Å². The third-order valence-corrected chi connectivity index (χ3v) is 3.45. The molecule has 100 valence electrons. The van der Waals surface area contributed by atoms with E-state index in [0.29, 0.717) is 11.8 Å². The number of aromatic nitrogens is 2. The summed E-state index contributed by atoms with van der Waals surface area (Å²) in [6.07, 6.45) is 5.40. The molecular formula is C12H20N4O2. The fourth-order valence-corrected chi connectivity index (χ4v) is 2.58. The second-order valence-corrected chi connectivity index (χ2v) is 4.37. The van der Waals surface area contributed by atoms with Crippen molar-refractivity contribution in [2.45, 2.75) is 31.9 Å². The SMILES string of the molecule is CCC1OCCC1C(NN)c1nccnc1OC. The first-order chi connectivity index (χ1) is 8.81. The topological polar surface area (TPSA) is 82.3 Å². The van der Waals surface area contributed by atoms with Gasteiger partial charge in [-0.15, -0.1) is 0 Å². The first kappa shape index (κ1) is 13.2. The van der Waals surface area contributed by atoms with E-state index in [9.17, 15) is 0 Å². The number of nitrogens with two attached hydrogens (primary N) is 1. The molecule has 3 N–H and O–H groups in total. The number of hydrogen-bond donors (Lipinski definition) is 2. The lowest BCUT2D eigenvalue weighted by Gasteiger charge is -2.26. The summed E-state index contributed by atoms with van der Waals surface area (Å²) in [7, 11) is 1.59.